The van der Waals surface area contributed by atoms with Gasteiger partial charge in [-0.05, 0) is 50.5 Å². The van der Waals surface area contributed by atoms with Gasteiger partial charge < -0.3 is 10.2 Å². The summed E-state index contributed by atoms with van der Waals surface area (Å²) in [4.78, 5) is 27.8. The number of sulfonamides is 1. The van der Waals surface area contributed by atoms with Crippen LogP contribution in [-0.4, -0.2) is 50.0 Å². The van der Waals surface area contributed by atoms with E-state index >= 15 is 0 Å². The van der Waals surface area contributed by atoms with Crippen LogP contribution >= 0.6 is 11.6 Å². The van der Waals surface area contributed by atoms with E-state index in [1.54, 1.807) is 49.4 Å². The van der Waals surface area contributed by atoms with E-state index in [-0.39, 0.29) is 43.8 Å². The summed E-state index contributed by atoms with van der Waals surface area (Å²) in [5.74, 6) is -1.08. The molecule has 1 fully saturated rings. The topological polar surface area (TPSA) is 86.8 Å². The number of hydrogen-bond donors (Lipinski definition) is 1. The maximum atomic E-state index is 14.4. The average molecular weight is 552 g/mol. The number of carbonyl (C=O) groups is 2. The van der Waals surface area contributed by atoms with Crippen molar-refractivity contribution in [1.82, 2.24) is 10.2 Å². The zero-order valence-electron chi connectivity index (χ0n) is 21.3. The van der Waals surface area contributed by atoms with Crippen LogP contribution in [0.4, 0.5) is 10.1 Å². The molecule has 1 saturated carbocycles. The minimum Gasteiger partial charge on any atom is -0.352 e. The fourth-order valence-electron chi connectivity index (χ4n) is 4.60. The van der Waals surface area contributed by atoms with Crippen LogP contribution in [0.25, 0.3) is 0 Å². The van der Waals surface area contributed by atoms with Crippen LogP contribution in [0.2, 0.25) is 5.02 Å². The Balaban J connectivity index is 1.72. The number of amides is 2. The minimum absolute atomic E-state index is 0.0118. The van der Waals surface area contributed by atoms with Crippen LogP contribution in [0.15, 0.2) is 48.5 Å². The predicted octanol–water partition coefficient (Wildman–Crippen LogP) is 4.89. The Morgan fingerprint density at radius 1 is 1.11 bits per heavy atom. The van der Waals surface area contributed by atoms with Crippen molar-refractivity contribution in [2.24, 2.45) is 0 Å². The molecule has 202 valence electrons. The van der Waals surface area contributed by atoms with Gasteiger partial charge in [0.05, 0.1) is 11.9 Å². The highest BCUT2D eigenvalue weighted by Crippen LogP contribution is 2.23. The SMILES string of the molecule is CC(C(=O)NC1CCCCC1)N(Cc1ccccc1F)C(=O)CCCN(c1cccc(Cl)c1)S(C)(=O)=O. The van der Waals surface area contributed by atoms with Crippen molar-refractivity contribution in [3.8, 4) is 0 Å². The molecule has 0 heterocycles. The molecule has 0 radical (unpaired) electrons. The van der Waals surface area contributed by atoms with Crippen LogP contribution in [0, 0.1) is 5.82 Å². The van der Waals surface area contributed by atoms with Gasteiger partial charge in [0.15, 0.2) is 0 Å². The molecule has 1 aliphatic rings. The summed E-state index contributed by atoms with van der Waals surface area (Å²) in [5, 5.41) is 3.45. The molecule has 2 amide bonds. The molecular formula is C27H35ClFN3O4S. The van der Waals surface area contributed by atoms with Crippen LogP contribution in [0.1, 0.15) is 57.4 Å². The fourth-order valence-corrected chi connectivity index (χ4v) is 5.74. The standard InChI is InChI=1S/C27H35ClFN3O4S/c1-20(27(34)30-23-12-4-3-5-13-23)31(19-21-10-6-7-15-25(21)29)26(33)16-9-17-32(37(2,35)36)24-14-8-11-22(28)18-24/h6-8,10-11,14-15,18,20,23H,3-5,9,12-13,16-17,19H2,1-2H3,(H,30,34). The van der Waals surface area contributed by atoms with Crippen LogP contribution in [0.3, 0.4) is 0 Å². The van der Waals surface area contributed by atoms with E-state index in [4.69, 9.17) is 11.6 Å². The highest BCUT2D eigenvalue weighted by Gasteiger charge is 2.29. The molecule has 1 atom stereocenters. The van der Waals surface area contributed by atoms with Gasteiger partial charge in [-0.3, -0.25) is 13.9 Å². The monoisotopic (exact) mass is 551 g/mol. The summed E-state index contributed by atoms with van der Waals surface area (Å²) >= 11 is 6.04. The molecule has 3 rings (SSSR count). The molecule has 0 saturated heterocycles. The van der Waals surface area contributed by atoms with E-state index in [2.05, 4.69) is 5.32 Å². The summed E-state index contributed by atoms with van der Waals surface area (Å²) in [6.45, 7) is 1.64. The molecule has 0 spiro atoms. The third kappa shape index (κ3) is 8.43. The Hall–Kier alpha value is -2.65. The molecule has 2 aromatic rings. The Kier molecular flexibility index (Phi) is 10.3. The highest BCUT2D eigenvalue weighted by atomic mass is 35.5. The Morgan fingerprint density at radius 2 is 1.81 bits per heavy atom. The Morgan fingerprint density at radius 3 is 2.46 bits per heavy atom. The molecule has 2 aromatic carbocycles. The molecule has 1 unspecified atom stereocenters. The predicted molar refractivity (Wildman–Crippen MR) is 144 cm³/mol. The maximum Gasteiger partial charge on any atom is 0.242 e. The van der Waals surface area contributed by atoms with Crippen molar-refractivity contribution < 1.29 is 22.4 Å². The van der Waals surface area contributed by atoms with E-state index in [0.29, 0.717) is 16.3 Å². The van der Waals surface area contributed by atoms with Crippen molar-refractivity contribution in [1.29, 1.82) is 0 Å². The molecular weight excluding hydrogens is 517 g/mol. The first-order chi connectivity index (χ1) is 17.6. The quantitative estimate of drug-likeness (QED) is 0.431. The van der Waals surface area contributed by atoms with E-state index in [1.807, 2.05) is 0 Å². The second-order valence-corrected chi connectivity index (χ2v) is 11.9. The lowest BCUT2D eigenvalue weighted by Crippen LogP contribution is -2.50. The van der Waals surface area contributed by atoms with E-state index in [0.717, 1.165) is 38.4 Å². The first kappa shape index (κ1) is 28.9. The van der Waals surface area contributed by atoms with Crippen molar-refractivity contribution in [3.05, 3.63) is 64.9 Å². The summed E-state index contributed by atoms with van der Waals surface area (Å²) in [5.41, 5.74) is 0.718. The Labute approximate surface area is 224 Å². The molecule has 0 aliphatic heterocycles. The lowest BCUT2D eigenvalue weighted by atomic mass is 9.95. The number of rotatable bonds is 11. The molecule has 1 aliphatic carbocycles. The van der Waals surface area contributed by atoms with Crippen LogP contribution in [0.5, 0.6) is 0 Å². The smallest absolute Gasteiger partial charge is 0.242 e. The summed E-state index contributed by atoms with van der Waals surface area (Å²) < 4.78 is 40.5. The van der Waals surface area contributed by atoms with Gasteiger partial charge in [-0.2, -0.15) is 0 Å². The van der Waals surface area contributed by atoms with Crippen molar-refractivity contribution in [3.63, 3.8) is 0 Å². The van der Waals surface area contributed by atoms with Crippen molar-refractivity contribution in [2.75, 3.05) is 17.1 Å². The van der Waals surface area contributed by atoms with Gasteiger partial charge in [0.25, 0.3) is 0 Å². The molecule has 37 heavy (non-hydrogen) atoms. The van der Waals surface area contributed by atoms with Gasteiger partial charge in [-0.15, -0.1) is 0 Å². The van der Waals surface area contributed by atoms with E-state index in [1.165, 1.54) is 15.3 Å². The lowest BCUT2D eigenvalue weighted by Gasteiger charge is -2.31. The van der Waals surface area contributed by atoms with Gasteiger partial charge in [0, 0.05) is 36.1 Å². The third-order valence-electron chi connectivity index (χ3n) is 6.67. The fraction of sp³-hybridized carbons (Fsp3) is 0.481. The lowest BCUT2D eigenvalue weighted by molar-refractivity contribution is -0.141. The average Bonchev–Trinajstić information content (AvgIpc) is 2.85. The van der Waals surface area contributed by atoms with Crippen molar-refractivity contribution >= 4 is 39.1 Å². The first-order valence-electron chi connectivity index (χ1n) is 12.6. The van der Waals surface area contributed by atoms with E-state index in [9.17, 15) is 22.4 Å². The summed E-state index contributed by atoms with van der Waals surface area (Å²) in [6, 6.07) is 11.9. The number of nitrogens with one attached hydrogen (secondary N) is 1. The van der Waals surface area contributed by atoms with Gasteiger partial charge in [-0.1, -0.05) is 55.1 Å². The number of benzene rings is 2. The first-order valence-corrected chi connectivity index (χ1v) is 14.9. The largest absolute Gasteiger partial charge is 0.352 e. The van der Waals surface area contributed by atoms with Gasteiger partial charge in [-0.25, -0.2) is 12.8 Å². The zero-order chi connectivity index (χ0) is 27.0. The molecule has 10 heteroatoms. The minimum atomic E-state index is -3.62. The highest BCUT2D eigenvalue weighted by molar-refractivity contribution is 7.92. The molecule has 7 nitrogen and oxygen atoms in total. The Bertz CT molecular complexity index is 1190. The molecule has 1 N–H and O–H groups in total. The van der Waals surface area contributed by atoms with Gasteiger partial charge >= 0.3 is 0 Å². The van der Waals surface area contributed by atoms with Gasteiger partial charge in [0.2, 0.25) is 21.8 Å². The molecule has 0 bridgehead atoms. The number of halogens is 2. The maximum absolute atomic E-state index is 14.4. The number of hydrogen-bond acceptors (Lipinski definition) is 4. The summed E-state index contributed by atoms with van der Waals surface area (Å²) in [6.07, 6.45) is 6.37. The number of nitrogens with zero attached hydrogens (tertiary/aromatic N) is 2. The van der Waals surface area contributed by atoms with Gasteiger partial charge in [0.1, 0.15) is 11.9 Å². The second kappa shape index (κ2) is 13.2. The zero-order valence-corrected chi connectivity index (χ0v) is 22.9. The second-order valence-electron chi connectivity index (χ2n) is 9.55. The number of anilines is 1. The van der Waals surface area contributed by atoms with Crippen molar-refractivity contribution in [2.45, 2.75) is 70.5 Å². The normalized spacial score (nSPS) is 15.1. The third-order valence-corrected chi connectivity index (χ3v) is 8.09. The summed E-state index contributed by atoms with van der Waals surface area (Å²) in [7, 11) is -3.62. The molecule has 0 aromatic heterocycles. The van der Waals surface area contributed by atoms with E-state index < -0.39 is 21.9 Å². The van der Waals surface area contributed by atoms with Crippen LogP contribution in [-0.2, 0) is 26.2 Å². The van der Waals surface area contributed by atoms with Crippen LogP contribution < -0.4 is 9.62 Å². The number of carbonyl (C=O) groups excluding carboxylic acids is 2.